The highest BCUT2D eigenvalue weighted by molar-refractivity contribution is 5.78. The van der Waals surface area contributed by atoms with Crippen molar-refractivity contribution >= 4 is 11.9 Å². The fraction of sp³-hybridized carbons (Fsp3) is 0.649. The molecule has 6 nitrogen and oxygen atoms in total. The summed E-state index contributed by atoms with van der Waals surface area (Å²) in [5.41, 5.74) is 0. The molecule has 0 aliphatic rings. The van der Waals surface area contributed by atoms with E-state index in [0.29, 0.717) is 19.3 Å². The van der Waals surface area contributed by atoms with Gasteiger partial charge in [0.2, 0.25) is 5.91 Å². The fourth-order valence-corrected chi connectivity index (χ4v) is 7.03. The van der Waals surface area contributed by atoms with Gasteiger partial charge in [-0.1, -0.05) is 220 Å². The number of esters is 1. The zero-order valence-corrected chi connectivity index (χ0v) is 40.7. The number of ether oxygens (including phenoxy) is 1. The molecular formula is C57H95NO5. The summed E-state index contributed by atoms with van der Waals surface area (Å²) in [5, 5.41) is 23.7. The molecule has 0 spiro atoms. The third-order valence-electron chi connectivity index (χ3n) is 10.8. The van der Waals surface area contributed by atoms with Crippen LogP contribution in [0.25, 0.3) is 0 Å². The molecular weight excluding hydrogens is 779 g/mol. The molecule has 0 rings (SSSR count). The minimum absolute atomic E-state index is 0.0589. The van der Waals surface area contributed by atoms with Crippen LogP contribution in [0, 0.1) is 0 Å². The second-order valence-corrected chi connectivity index (χ2v) is 16.8. The van der Waals surface area contributed by atoms with Crippen molar-refractivity contribution in [2.45, 2.75) is 232 Å². The van der Waals surface area contributed by atoms with Crippen LogP contribution < -0.4 is 5.32 Å². The van der Waals surface area contributed by atoms with Gasteiger partial charge in [0.1, 0.15) is 6.10 Å². The molecule has 0 bridgehead atoms. The van der Waals surface area contributed by atoms with Crippen LogP contribution in [0.3, 0.4) is 0 Å². The Hall–Kier alpha value is -3.48. The monoisotopic (exact) mass is 874 g/mol. The van der Waals surface area contributed by atoms with Crippen molar-refractivity contribution in [1.29, 1.82) is 0 Å². The quantitative estimate of drug-likeness (QED) is 0.0322. The van der Waals surface area contributed by atoms with Crippen LogP contribution in [-0.4, -0.2) is 46.9 Å². The largest absolute Gasteiger partial charge is 0.458 e. The Kier molecular flexibility index (Phi) is 46.8. The van der Waals surface area contributed by atoms with Gasteiger partial charge in [0, 0.05) is 6.42 Å². The summed E-state index contributed by atoms with van der Waals surface area (Å²) < 4.78 is 5.82. The number of amides is 1. The number of allylic oxidation sites excluding steroid dienone is 17. The van der Waals surface area contributed by atoms with E-state index in [0.717, 1.165) is 103 Å². The summed E-state index contributed by atoms with van der Waals surface area (Å²) >= 11 is 0. The number of carbonyl (C=O) groups excluding carboxylic acids is 2. The number of carbonyl (C=O) groups is 2. The summed E-state index contributed by atoms with van der Waals surface area (Å²) in [7, 11) is 0. The van der Waals surface area contributed by atoms with E-state index in [9.17, 15) is 19.8 Å². The molecule has 0 fully saturated rings. The molecule has 0 aromatic carbocycles. The van der Waals surface area contributed by atoms with Crippen molar-refractivity contribution in [3.8, 4) is 0 Å². The summed E-state index contributed by atoms with van der Waals surface area (Å²) in [6.45, 7) is 6.20. The first-order chi connectivity index (χ1) is 31.0. The molecule has 358 valence electrons. The van der Waals surface area contributed by atoms with Gasteiger partial charge in [0.05, 0.1) is 25.2 Å². The van der Waals surface area contributed by atoms with Gasteiger partial charge in [-0.05, 0) is 89.5 Å². The van der Waals surface area contributed by atoms with E-state index in [4.69, 9.17) is 4.74 Å². The second-order valence-electron chi connectivity index (χ2n) is 16.8. The van der Waals surface area contributed by atoms with Crippen LogP contribution in [-0.2, 0) is 14.3 Å². The number of hydrogen-bond acceptors (Lipinski definition) is 5. The van der Waals surface area contributed by atoms with Crippen LogP contribution in [0.15, 0.2) is 109 Å². The minimum atomic E-state index is -0.828. The molecule has 0 aliphatic heterocycles. The molecule has 0 saturated carbocycles. The highest BCUT2D eigenvalue weighted by atomic mass is 16.5. The van der Waals surface area contributed by atoms with Gasteiger partial charge in [-0.2, -0.15) is 0 Å². The Bertz CT molecular complexity index is 1300. The topological polar surface area (TPSA) is 95.9 Å². The van der Waals surface area contributed by atoms with Crippen molar-refractivity contribution in [1.82, 2.24) is 5.32 Å². The van der Waals surface area contributed by atoms with E-state index in [1.807, 2.05) is 6.08 Å². The van der Waals surface area contributed by atoms with Gasteiger partial charge in [0.15, 0.2) is 0 Å². The third kappa shape index (κ3) is 44.9. The maximum absolute atomic E-state index is 13.2. The van der Waals surface area contributed by atoms with Gasteiger partial charge in [0.25, 0.3) is 0 Å². The van der Waals surface area contributed by atoms with E-state index >= 15 is 0 Å². The Morgan fingerprint density at radius 1 is 0.492 bits per heavy atom. The number of rotatable bonds is 44. The standard InChI is InChI=1S/C57H95NO5/c1-4-7-10-13-16-19-22-24-26-28-29-31-34-36-39-42-45-48-53(63-57(62)50-47-44-41-38-35-32-30-27-25-23-20-17-14-11-8-5-2)51-56(61)58-54(52-59)55(60)49-46-43-40-37-33-21-18-15-12-9-6-3/h7-8,10-11,16-17,19-20,24-27,29,31,36,39,45,48,53-55,59-60H,4-6,9,12-15,18,21-23,28,30,32-35,37-38,40-44,46-47,49-52H2,1-3H3,(H,58,61)/b10-7-,11-8+,19-16-,20-17+,26-24-,27-25+,31-29-,39-36-,48-45-. The number of nitrogens with one attached hydrogen (secondary N) is 1. The Balaban J connectivity index is 4.82. The predicted octanol–water partition coefficient (Wildman–Crippen LogP) is 15.5. The van der Waals surface area contributed by atoms with Crippen molar-refractivity contribution < 1.29 is 24.5 Å². The molecule has 63 heavy (non-hydrogen) atoms. The summed E-state index contributed by atoms with van der Waals surface area (Å²) in [6.07, 6.45) is 67.5. The van der Waals surface area contributed by atoms with Gasteiger partial charge in [-0.3, -0.25) is 9.59 Å². The Morgan fingerprint density at radius 2 is 0.889 bits per heavy atom. The third-order valence-corrected chi connectivity index (χ3v) is 10.8. The molecule has 3 unspecified atom stereocenters. The van der Waals surface area contributed by atoms with E-state index < -0.39 is 18.2 Å². The predicted molar refractivity (Wildman–Crippen MR) is 273 cm³/mol. The molecule has 0 aromatic heterocycles. The van der Waals surface area contributed by atoms with Crippen LogP contribution in [0.2, 0.25) is 0 Å². The number of unbranched alkanes of at least 4 members (excludes halogenated alkanes) is 16. The smallest absolute Gasteiger partial charge is 0.306 e. The van der Waals surface area contributed by atoms with Crippen molar-refractivity contribution in [3.05, 3.63) is 109 Å². The molecule has 3 N–H and O–H groups in total. The first-order valence-electron chi connectivity index (χ1n) is 25.6. The number of hydrogen-bond donors (Lipinski definition) is 3. The molecule has 0 saturated heterocycles. The lowest BCUT2D eigenvalue weighted by Crippen LogP contribution is -2.46. The molecule has 0 radical (unpaired) electrons. The van der Waals surface area contributed by atoms with Gasteiger partial charge < -0.3 is 20.3 Å². The molecule has 6 heteroatoms. The lowest BCUT2D eigenvalue weighted by Gasteiger charge is -2.23. The molecule has 3 atom stereocenters. The number of aliphatic hydroxyl groups excluding tert-OH is 2. The summed E-state index contributed by atoms with van der Waals surface area (Å²) in [6, 6.07) is -0.751. The Morgan fingerprint density at radius 3 is 1.35 bits per heavy atom. The highest BCUT2D eigenvalue weighted by Crippen LogP contribution is 2.15. The fourth-order valence-electron chi connectivity index (χ4n) is 7.03. The maximum atomic E-state index is 13.2. The first kappa shape index (κ1) is 59.5. The molecule has 1 amide bonds. The van der Waals surface area contributed by atoms with Crippen LogP contribution in [0.4, 0.5) is 0 Å². The molecule has 0 aromatic rings. The minimum Gasteiger partial charge on any atom is -0.458 e. The van der Waals surface area contributed by atoms with E-state index in [1.165, 1.54) is 64.2 Å². The van der Waals surface area contributed by atoms with E-state index in [-0.39, 0.29) is 24.9 Å². The van der Waals surface area contributed by atoms with Gasteiger partial charge in [-0.15, -0.1) is 0 Å². The van der Waals surface area contributed by atoms with Crippen LogP contribution >= 0.6 is 0 Å². The normalized spacial score (nSPS) is 14.2. The van der Waals surface area contributed by atoms with Gasteiger partial charge >= 0.3 is 5.97 Å². The zero-order valence-electron chi connectivity index (χ0n) is 40.7. The molecule has 0 heterocycles. The first-order valence-corrected chi connectivity index (χ1v) is 25.6. The maximum Gasteiger partial charge on any atom is 0.306 e. The number of aliphatic hydroxyl groups is 2. The average Bonchev–Trinajstić information content (AvgIpc) is 3.28. The molecule has 0 aliphatic carbocycles. The lowest BCUT2D eigenvalue weighted by atomic mass is 10.0. The Labute approximate surface area is 388 Å². The summed E-state index contributed by atoms with van der Waals surface area (Å²) in [4.78, 5) is 26.1. The lowest BCUT2D eigenvalue weighted by molar-refractivity contribution is -0.148. The average molecular weight is 874 g/mol. The van der Waals surface area contributed by atoms with Gasteiger partial charge in [-0.25, -0.2) is 0 Å². The van der Waals surface area contributed by atoms with Crippen molar-refractivity contribution in [2.24, 2.45) is 0 Å². The van der Waals surface area contributed by atoms with Crippen molar-refractivity contribution in [2.75, 3.05) is 6.61 Å². The van der Waals surface area contributed by atoms with E-state index in [1.54, 1.807) is 6.08 Å². The highest BCUT2D eigenvalue weighted by Gasteiger charge is 2.23. The second kappa shape index (κ2) is 49.5. The van der Waals surface area contributed by atoms with Crippen LogP contribution in [0.5, 0.6) is 0 Å². The summed E-state index contributed by atoms with van der Waals surface area (Å²) in [5.74, 6) is -0.654. The zero-order chi connectivity index (χ0) is 45.9. The SMILES string of the molecule is CC/C=C\C/C=C\C/C=C\C/C=C\C/C=C\C/C=C\C(CC(=O)NC(CO)C(O)CCCCCCCCCCCCC)OC(=O)CCCCCCCC/C=C/C/C=C/C/C=C/CC. The van der Waals surface area contributed by atoms with Crippen LogP contribution in [0.1, 0.15) is 213 Å². The van der Waals surface area contributed by atoms with Crippen molar-refractivity contribution in [3.63, 3.8) is 0 Å². The van der Waals surface area contributed by atoms with E-state index in [2.05, 4.69) is 123 Å².